The zero-order valence-electron chi connectivity index (χ0n) is 2.60. The Balaban J connectivity index is 0. The molecule has 0 aliphatic rings. The molecule has 0 rings (SSSR count). The van der Waals surface area contributed by atoms with Crippen LogP contribution in [0.1, 0.15) is 0 Å². The third-order valence-electron chi connectivity index (χ3n) is 0.0833. The van der Waals surface area contributed by atoms with Crippen molar-refractivity contribution in [1.29, 1.82) is 0 Å². The minimum absolute atomic E-state index is 0. The predicted molar refractivity (Wildman–Crippen MR) is 17.8 cm³/mol. The number of hydrogen-bond donors (Lipinski definition) is 0. The van der Waals surface area contributed by atoms with Crippen molar-refractivity contribution in [2.75, 3.05) is 0 Å². The van der Waals surface area contributed by atoms with Crippen molar-refractivity contribution in [3.8, 4) is 0 Å². The zero-order chi connectivity index (χ0) is 3.41. The maximum absolute atomic E-state index is 6.08. The van der Waals surface area contributed by atoms with Crippen molar-refractivity contribution < 1.29 is 18.6 Å². The first kappa shape index (κ1) is 8.87. The summed E-state index contributed by atoms with van der Waals surface area (Å²) in [5.41, 5.74) is 12.2. The van der Waals surface area contributed by atoms with Crippen molar-refractivity contribution in [2.45, 2.75) is 0 Å². The molecule has 0 unspecified atom stereocenters. The van der Waals surface area contributed by atoms with Crippen LogP contribution in [0.4, 0.5) is 0 Å². The molecule has 0 atom stereocenters. The van der Waals surface area contributed by atoms with Gasteiger partial charge in [0.25, 0.3) is 0 Å². The molecule has 0 spiro atoms. The summed E-state index contributed by atoms with van der Waals surface area (Å²) in [5, 5.41) is 0. The summed E-state index contributed by atoms with van der Waals surface area (Å²) in [6.07, 6.45) is 1.83. The molecule has 0 amide bonds. The van der Waals surface area contributed by atoms with Crippen LogP contribution in [0.15, 0.2) is 12.4 Å². The van der Waals surface area contributed by atoms with Crippen molar-refractivity contribution >= 4 is 0 Å². The summed E-state index contributed by atoms with van der Waals surface area (Å²) in [6, 6.07) is 0. The molecule has 0 aliphatic heterocycles. The minimum atomic E-state index is 0. The van der Waals surface area contributed by atoms with Gasteiger partial charge in [-0.2, -0.15) is 0 Å². The molecule has 0 aromatic heterocycles. The fourth-order valence-corrected chi connectivity index (χ4v) is 0. The third kappa shape index (κ3) is 17.0. The Labute approximate surface area is 43.1 Å². The molecule has 0 aliphatic carbocycles. The first-order valence-electron chi connectivity index (χ1n) is 0.911. The van der Waals surface area contributed by atoms with Gasteiger partial charge in [0.2, 0.25) is 0 Å². The Morgan fingerprint density at radius 3 is 1.20 bits per heavy atom. The van der Waals surface area contributed by atoms with Gasteiger partial charge in [0.1, 0.15) is 0 Å². The summed E-state index contributed by atoms with van der Waals surface area (Å²) >= 11 is 0. The predicted octanol–water partition coefficient (Wildman–Crippen LogP) is 1.56. The first-order valence-corrected chi connectivity index (χ1v) is 0.911. The summed E-state index contributed by atoms with van der Waals surface area (Å²) in [6.45, 7) is 0. The normalized spacial score (nSPS) is 7.20. The molecule has 0 saturated carbocycles. The molecular weight excluding hydrogens is 103 g/mol. The molecule has 1 radical (unpaired) electrons. The Bertz CT molecular complexity index is 22.8. The second kappa shape index (κ2) is 9.06. The van der Waals surface area contributed by atoms with E-state index in [1.165, 1.54) is 0 Å². The van der Waals surface area contributed by atoms with Crippen LogP contribution in [-0.2, 0) is 18.6 Å². The van der Waals surface area contributed by atoms with E-state index in [0.717, 1.165) is 12.4 Å². The molecule has 27 valence electrons. The van der Waals surface area contributed by atoms with Gasteiger partial charge >= 0.3 is 18.6 Å². The number of rotatable bonds is 0. The van der Waals surface area contributed by atoms with Crippen molar-refractivity contribution in [2.24, 2.45) is 0 Å². The molecule has 5 heavy (non-hydrogen) atoms. The fraction of sp³-hybridized carbons (Fsp3) is 0. The Morgan fingerprint density at radius 2 is 1.20 bits per heavy atom. The van der Waals surface area contributed by atoms with E-state index >= 15 is 0 Å². The molecule has 0 aromatic carbocycles. The van der Waals surface area contributed by atoms with Crippen LogP contribution in [-0.4, -0.2) is 0 Å². The van der Waals surface area contributed by atoms with Gasteiger partial charge in [0.15, 0.2) is 0 Å². The van der Waals surface area contributed by atoms with Crippen molar-refractivity contribution in [3.05, 3.63) is 23.9 Å². The fourth-order valence-electron chi connectivity index (χ4n) is 0. The van der Waals surface area contributed by atoms with Crippen molar-refractivity contribution in [3.63, 3.8) is 0 Å². The monoisotopic (exact) mass is 107 g/mol. The van der Waals surface area contributed by atoms with Crippen LogP contribution in [0, 0.1) is 0 Å². The second-order valence-electron chi connectivity index (χ2n) is 0.333. The third-order valence-corrected chi connectivity index (χ3v) is 0.0833. The van der Waals surface area contributed by atoms with Crippen LogP contribution in [0.2, 0.25) is 0 Å². The molecule has 0 saturated heterocycles. The molecule has 3 heteroatoms. The Kier molecular flexibility index (Phi) is 16.1. The maximum Gasteiger partial charge on any atom is 2.00 e. The summed E-state index contributed by atoms with van der Waals surface area (Å²) in [5.74, 6) is 0. The van der Waals surface area contributed by atoms with E-state index in [1.54, 1.807) is 0 Å². The SMILES string of the molecule is [NH-]/C=C\[NH-].[V+2]. The van der Waals surface area contributed by atoms with Gasteiger partial charge < -0.3 is 11.5 Å². The van der Waals surface area contributed by atoms with Crippen LogP contribution in [0.5, 0.6) is 0 Å². The van der Waals surface area contributed by atoms with Crippen LogP contribution in [0.25, 0.3) is 11.5 Å². The van der Waals surface area contributed by atoms with Gasteiger partial charge in [-0.15, -0.1) is 0 Å². The minimum Gasteiger partial charge on any atom is -0.706 e. The quantitative estimate of drug-likeness (QED) is 0.451. The second-order valence-corrected chi connectivity index (χ2v) is 0.333. The molecule has 0 aromatic rings. The maximum atomic E-state index is 6.08. The van der Waals surface area contributed by atoms with Gasteiger partial charge in [-0.3, -0.25) is 0 Å². The van der Waals surface area contributed by atoms with E-state index in [9.17, 15) is 0 Å². The summed E-state index contributed by atoms with van der Waals surface area (Å²) in [4.78, 5) is 0. The summed E-state index contributed by atoms with van der Waals surface area (Å²) < 4.78 is 0. The number of nitrogens with one attached hydrogen (secondary N) is 2. The smallest absolute Gasteiger partial charge is 0.706 e. The average molecular weight is 107 g/mol. The molecule has 2 N–H and O–H groups in total. The van der Waals surface area contributed by atoms with E-state index in [1.807, 2.05) is 0 Å². The van der Waals surface area contributed by atoms with Gasteiger partial charge in [-0.25, -0.2) is 12.4 Å². The summed E-state index contributed by atoms with van der Waals surface area (Å²) in [7, 11) is 0. The van der Waals surface area contributed by atoms with Gasteiger partial charge in [-0.1, -0.05) is 0 Å². The Morgan fingerprint density at radius 1 is 1.00 bits per heavy atom. The number of hydrogen-bond acceptors (Lipinski definition) is 0. The van der Waals surface area contributed by atoms with E-state index in [4.69, 9.17) is 11.5 Å². The Hall–Kier alpha value is -0.0756. The topological polar surface area (TPSA) is 47.6 Å². The van der Waals surface area contributed by atoms with Gasteiger partial charge in [-0.05, 0) is 0 Å². The van der Waals surface area contributed by atoms with Gasteiger partial charge in [0, 0.05) is 0 Å². The largest absolute Gasteiger partial charge is 2.00 e. The zero-order valence-corrected chi connectivity index (χ0v) is 4.00. The van der Waals surface area contributed by atoms with E-state index in [2.05, 4.69) is 0 Å². The van der Waals surface area contributed by atoms with Crippen LogP contribution in [0.3, 0.4) is 0 Å². The molecule has 2 nitrogen and oxygen atoms in total. The standard InChI is InChI=1S/C2H4N2.V/c3-1-2-4;/h1-4H;/q-2;+2/b2-1-;. The molecule has 0 bridgehead atoms. The molecule has 0 fully saturated rings. The van der Waals surface area contributed by atoms with Crippen LogP contribution < -0.4 is 0 Å². The van der Waals surface area contributed by atoms with Gasteiger partial charge in [0.05, 0.1) is 0 Å². The van der Waals surface area contributed by atoms with E-state index < -0.39 is 0 Å². The molecule has 0 heterocycles. The van der Waals surface area contributed by atoms with Crippen molar-refractivity contribution in [1.82, 2.24) is 0 Å². The molecular formula is C2H4N2V. The average Bonchev–Trinajstić information content (AvgIpc) is 1.37. The van der Waals surface area contributed by atoms with Crippen LogP contribution >= 0.6 is 0 Å². The first-order chi connectivity index (χ1) is 1.91. The van der Waals surface area contributed by atoms with E-state index in [0.29, 0.717) is 0 Å². The van der Waals surface area contributed by atoms with E-state index in [-0.39, 0.29) is 18.6 Å².